The number of aromatic amines is 2. The van der Waals surface area contributed by atoms with Crippen molar-refractivity contribution in [1.29, 1.82) is 0 Å². The van der Waals surface area contributed by atoms with Crippen LogP contribution < -0.4 is 91.6 Å². The first-order chi connectivity index (χ1) is 58.0. The Morgan fingerprint density at radius 1 is 0.407 bits per heavy atom. The molecule has 0 spiro atoms. The molecule has 0 aliphatic heterocycles. The standard InChI is InChI=1S/C78H107N19O24S2/c1-36(2)23-51(67(110)84-32-62(104)86-50(66(81)109)28-63(105)106)89-75(118)57(33-98)95-74(117)56(29-64(107)108)93-70(113)52(24-37(3)4)90-73(116)54(26-41-30-82-46-13-9-7-11-44(41)46)92-71(114)53(25-40-15-17-43(101)18-16-40)91-77(120)59(35-123)96-68(111)48(19-21-60(79)102)87-72(115)55(27-42-31-83-47-14-10-8-12-45(42)47)94-78(121)65(38(5)99)97-69(112)49(20-22-61(80)103)88-76(119)58(34-122)85-39(6)100/h7-18,30-31,36-38,48-59,65,82-83,98-99,101,122-123H,19-29,32-35H2,1-6H3,(H2,79,102)(H2,80,103)(H2,81,109)(H,84,110)(H,85,100)(H,86,104)(H,87,115)(H,88,119)(H,89,118)(H,90,116)(H,91,120)(H,92,114)(H,93,113)(H,94,121)(H,95,117)(H,96,111)(H,97,112)(H,105,106)(H,107,108)/t38-,48+,49+,50+,51+,52+,53+,54+,55+,56+,57+,58+,59+,65+/m1/s1. The molecule has 27 N–H and O–H groups in total. The van der Waals surface area contributed by atoms with Crippen molar-refractivity contribution < 1.29 is 117 Å². The van der Waals surface area contributed by atoms with Crippen LogP contribution >= 0.6 is 25.3 Å². The molecule has 45 heteroatoms. The van der Waals surface area contributed by atoms with Crippen LogP contribution in [0.2, 0.25) is 0 Å². The third-order valence-corrected chi connectivity index (χ3v) is 19.6. The maximum atomic E-state index is 15.2. The summed E-state index contributed by atoms with van der Waals surface area (Å²) >= 11 is 8.43. The van der Waals surface area contributed by atoms with Crippen molar-refractivity contribution in [2.45, 2.75) is 197 Å². The molecule has 123 heavy (non-hydrogen) atoms. The van der Waals surface area contributed by atoms with Gasteiger partial charge in [0.25, 0.3) is 0 Å². The number of phenols is 1. The van der Waals surface area contributed by atoms with Crippen molar-refractivity contribution in [2.24, 2.45) is 29.0 Å². The fourth-order valence-electron chi connectivity index (χ4n) is 12.6. The van der Waals surface area contributed by atoms with E-state index in [1.54, 1.807) is 76.2 Å². The molecular weight excluding hydrogens is 1650 g/mol. The van der Waals surface area contributed by atoms with E-state index in [9.17, 15) is 102 Å². The number of aliphatic carboxylic acids is 2. The van der Waals surface area contributed by atoms with Gasteiger partial charge in [-0.1, -0.05) is 76.2 Å². The molecule has 5 rings (SSSR count). The topological polar surface area (TPSA) is 704 Å². The molecule has 0 fully saturated rings. The summed E-state index contributed by atoms with van der Waals surface area (Å²) in [4.78, 5) is 263. The van der Waals surface area contributed by atoms with Gasteiger partial charge in [-0.2, -0.15) is 25.3 Å². The number of amides is 17. The number of aromatic hydroxyl groups is 1. The van der Waals surface area contributed by atoms with Gasteiger partial charge in [-0.3, -0.25) is 91.1 Å². The van der Waals surface area contributed by atoms with Gasteiger partial charge in [-0.15, -0.1) is 0 Å². The molecule has 3 aromatic carbocycles. The zero-order chi connectivity index (χ0) is 91.6. The number of hydrogen-bond donors (Lipinski definition) is 26. The summed E-state index contributed by atoms with van der Waals surface area (Å²) in [5.74, 6) is -23.4. The number of aliphatic hydroxyl groups is 2. The van der Waals surface area contributed by atoms with Crippen LogP contribution in [0.15, 0.2) is 85.2 Å². The number of carbonyl (C=O) groups excluding carboxylic acids is 17. The highest BCUT2D eigenvalue weighted by Crippen LogP contribution is 2.23. The molecule has 0 unspecified atom stereocenters. The Kier molecular flexibility index (Phi) is 40.2. The lowest BCUT2D eigenvalue weighted by molar-refractivity contribution is -0.142. The monoisotopic (exact) mass is 1760 g/mol. The maximum absolute atomic E-state index is 15.2. The second kappa shape index (κ2) is 49.1. The molecule has 17 amide bonds. The summed E-state index contributed by atoms with van der Waals surface area (Å²) in [6.07, 6.45) is -4.39. The number of thiol groups is 2. The Balaban J connectivity index is 1.44. The zero-order valence-electron chi connectivity index (χ0n) is 68.0. The number of para-hydroxylation sites is 2. The van der Waals surface area contributed by atoms with E-state index in [1.165, 1.54) is 36.7 Å². The molecule has 0 radical (unpaired) electrons. The van der Waals surface area contributed by atoms with Crippen molar-refractivity contribution in [3.63, 3.8) is 0 Å². The molecule has 0 aliphatic carbocycles. The number of phenolic OH excluding ortho intramolecular Hbond substituents is 1. The van der Waals surface area contributed by atoms with E-state index < -0.39 is 267 Å². The lowest BCUT2D eigenvalue weighted by Crippen LogP contribution is -2.62. The second-order valence-corrected chi connectivity index (χ2v) is 30.6. The van der Waals surface area contributed by atoms with Gasteiger partial charge in [0.05, 0.1) is 32.1 Å². The average molecular weight is 1760 g/mol. The minimum Gasteiger partial charge on any atom is -0.508 e. The number of carboxylic acids is 2. The highest BCUT2D eigenvalue weighted by atomic mass is 32.1. The molecule has 5 aromatic rings. The number of aromatic nitrogens is 2. The van der Waals surface area contributed by atoms with Gasteiger partial charge in [-0.25, -0.2) is 0 Å². The van der Waals surface area contributed by atoms with Crippen LogP contribution in [-0.4, -0.2) is 257 Å². The number of rotatable bonds is 52. The van der Waals surface area contributed by atoms with E-state index in [4.69, 9.17) is 22.3 Å². The number of fused-ring (bicyclic) bond motifs is 2. The Morgan fingerprint density at radius 2 is 0.764 bits per heavy atom. The number of nitrogens with one attached hydrogen (secondary N) is 16. The molecule has 0 saturated heterocycles. The number of benzene rings is 3. The smallest absolute Gasteiger partial charge is 0.305 e. The van der Waals surface area contributed by atoms with Crippen molar-refractivity contribution in [1.82, 2.24) is 84.4 Å². The molecule has 0 aliphatic rings. The van der Waals surface area contributed by atoms with Crippen molar-refractivity contribution in [3.8, 4) is 5.75 Å². The van der Waals surface area contributed by atoms with E-state index in [2.05, 4.69) is 110 Å². The van der Waals surface area contributed by atoms with Crippen LogP contribution in [-0.2, 0) is 110 Å². The fourth-order valence-corrected chi connectivity index (χ4v) is 13.1. The Bertz CT molecular complexity index is 4640. The highest BCUT2D eigenvalue weighted by molar-refractivity contribution is 7.80. The Labute approximate surface area is 715 Å². The quantitative estimate of drug-likeness (QED) is 0.0161. The first-order valence-electron chi connectivity index (χ1n) is 38.9. The number of carboxylic acid groups (broad SMARTS) is 2. The first-order valence-corrected chi connectivity index (χ1v) is 40.1. The molecule has 14 atom stereocenters. The molecule has 0 saturated carbocycles. The maximum Gasteiger partial charge on any atom is 0.305 e. The van der Waals surface area contributed by atoms with E-state index >= 15 is 9.59 Å². The summed E-state index contributed by atoms with van der Waals surface area (Å²) in [5.41, 5.74) is 18.4. The minimum absolute atomic E-state index is 0.122. The zero-order valence-corrected chi connectivity index (χ0v) is 69.8. The van der Waals surface area contributed by atoms with Crippen LogP contribution in [0.4, 0.5) is 0 Å². The molecule has 0 bridgehead atoms. The fraction of sp³-hybridized carbons (Fsp3) is 0.474. The van der Waals surface area contributed by atoms with Crippen molar-refractivity contribution in [2.75, 3.05) is 24.7 Å². The van der Waals surface area contributed by atoms with Crippen LogP contribution in [0.5, 0.6) is 5.75 Å². The van der Waals surface area contributed by atoms with Gasteiger partial charge in [0.2, 0.25) is 100 Å². The third-order valence-electron chi connectivity index (χ3n) is 18.8. The van der Waals surface area contributed by atoms with Crippen molar-refractivity contribution >= 4 is 159 Å². The molecule has 43 nitrogen and oxygen atoms in total. The lowest BCUT2D eigenvalue weighted by atomic mass is 9.99. The van der Waals surface area contributed by atoms with Crippen LogP contribution in [0.25, 0.3) is 21.8 Å². The largest absolute Gasteiger partial charge is 0.508 e. The van der Waals surface area contributed by atoms with Crippen LogP contribution in [0, 0.1) is 11.8 Å². The lowest BCUT2D eigenvalue weighted by Gasteiger charge is -2.29. The summed E-state index contributed by atoms with van der Waals surface area (Å²) in [7, 11) is 0. The van der Waals surface area contributed by atoms with Gasteiger partial charge in [0, 0.05) is 84.7 Å². The second-order valence-electron chi connectivity index (χ2n) is 29.8. The number of primary amides is 3. The summed E-state index contributed by atoms with van der Waals surface area (Å²) in [6.45, 7) is 6.76. The van der Waals surface area contributed by atoms with Crippen molar-refractivity contribution in [3.05, 3.63) is 102 Å². The average Bonchev–Trinajstić information content (AvgIpc) is 1.71. The normalized spacial score (nSPS) is 14.6. The predicted octanol–water partition coefficient (Wildman–Crippen LogP) is -5.89. The Hall–Kier alpha value is -12.9. The van der Waals surface area contributed by atoms with Gasteiger partial charge in [-0.05, 0) is 85.4 Å². The number of carbonyl (C=O) groups is 19. The summed E-state index contributed by atoms with van der Waals surface area (Å²) < 4.78 is 0. The van der Waals surface area contributed by atoms with Gasteiger partial charge < -0.3 is 127 Å². The Morgan fingerprint density at radius 3 is 1.20 bits per heavy atom. The summed E-state index contributed by atoms with van der Waals surface area (Å²) in [5, 5.41) is 85.4. The first kappa shape index (κ1) is 101. The number of aliphatic hydroxyl groups excluding tert-OH is 2. The van der Waals surface area contributed by atoms with Gasteiger partial charge >= 0.3 is 11.9 Å². The van der Waals surface area contributed by atoms with E-state index in [0.29, 0.717) is 32.9 Å². The van der Waals surface area contributed by atoms with E-state index in [0.717, 1.165) is 13.8 Å². The van der Waals surface area contributed by atoms with Crippen LogP contribution in [0.3, 0.4) is 0 Å². The minimum atomic E-state index is -2.07. The molecule has 2 heterocycles. The van der Waals surface area contributed by atoms with Crippen LogP contribution in [0.1, 0.15) is 110 Å². The number of hydrogen-bond acceptors (Lipinski definition) is 24. The summed E-state index contributed by atoms with van der Waals surface area (Å²) in [6, 6.07) is -3.55. The number of nitrogens with two attached hydrogens (primary N) is 3. The third kappa shape index (κ3) is 33.2. The van der Waals surface area contributed by atoms with Gasteiger partial charge in [0.15, 0.2) is 0 Å². The van der Waals surface area contributed by atoms with E-state index in [-0.39, 0.29) is 48.7 Å². The van der Waals surface area contributed by atoms with E-state index in [1.807, 2.05) is 0 Å². The number of H-pyrrole nitrogens is 2. The SMILES string of the molecule is CC(=O)N[C@@H](CS)C(=O)N[C@@H](CCC(N)=O)C(=O)N[C@H](C(=O)N[C@@H](Cc1c[nH]c2ccccc12)C(=O)N[C@@H](CCC(N)=O)C(=O)N[C@@H](CS)C(=O)N[C@@H](Cc1ccc(O)cc1)C(=O)N[C@@H](Cc1c[nH]c2ccccc12)C(=O)N[C@@H](CC(C)C)C(=O)N[C@@H](CC(=O)O)C(=O)N[C@@H](CO)C(=O)N[C@@H](CC(C)C)C(=O)NCC(=O)N[C@@H](CC(=O)O)C(N)=O)[C@@H](C)O. The van der Waals surface area contributed by atoms with Gasteiger partial charge in [0.1, 0.15) is 84.3 Å². The highest BCUT2D eigenvalue weighted by Gasteiger charge is 2.40. The molecular formula is C78H107N19O24S2. The molecule has 670 valence electrons. The predicted molar refractivity (Wildman–Crippen MR) is 446 cm³/mol. The molecule has 2 aromatic heterocycles.